The van der Waals surface area contributed by atoms with Crippen molar-refractivity contribution in [2.75, 3.05) is 13.0 Å². The molecule has 0 saturated carbocycles. The van der Waals surface area contributed by atoms with E-state index in [0.29, 0.717) is 10.0 Å². The van der Waals surface area contributed by atoms with Gasteiger partial charge in [0.2, 0.25) is 0 Å². The topological polar surface area (TPSA) is 166 Å². The number of ether oxygens (including phenoxy) is 2. The van der Waals surface area contributed by atoms with Crippen LogP contribution in [0.2, 0.25) is 5.02 Å². The van der Waals surface area contributed by atoms with E-state index >= 15 is 0 Å². The predicted octanol–water partition coefficient (Wildman–Crippen LogP) is 4.98. The Morgan fingerprint density at radius 1 is 0.833 bits per heavy atom. The lowest BCUT2D eigenvalue weighted by Crippen LogP contribution is -2.60. The lowest BCUT2D eigenvalue weighted by atomic mass is 9.97. The van der Waals surface area contributed by atoms with Crippen LogP contribution in [0.4, 0.5) is 4.79 Å². The highest BCUT2D eigenvalue weighted by atomic mass is 35.5. The van der Waals surface area contributed by atoms with Gasteiger partial charge in [0.05, 0.1) is 11.0 Å². The predicted molar refractivity (Wildman–Crippen MR) is 149 cm³/mol. The SMILES string of the molecule is CC(C)(C)C(=O)OCC(=O)OCP(=O)(O)OOC(=O)N(C(=O)c1ccc(Cl)cc1)N(C(=O)c1ccccc1)C(C)(C)C. The summed E-state index contributed by atoms with van der Waals surface area (Å²) in [5.41, 5.74) is -2.10. The first-order valence-electron chi connectivity index (χ1n) is 12.4. The largest absolute Gasteiger partial charge is 0.468 e. The number of hydrazine groups is 1. The molecular weight excluding hydrogens is 595 g/mol. The van der Waals surface area contributed by atoms with Crippen molar-refractivity contribution in [3.05, 3.63) is 70.7 Å². The molecule has 0 heterocycles. The summed E-state index contributed by atoms with van der Waals surface area (Å²) < 4.78 is 26.1. The summed E-state index contributed by atoms with van der Waals surface area (Å²) in [6.45, 7) is 8.42. The molecule has 1 atom stereocenters. The van der Waals surface area contributed by atoms with Gasteiger partial charge in [0.25, 0.3) is 11.8 Å². The van der Waals surface area contributed by atoms with Crippen LogP contribution < -0.4 is 0 Å². The second-order valence-corrected chi connectivity index (χ2v) is 12.9. The number of imide groups is 1. The number of benzene rings is 2. The molecule has 0 aliphatic carbocycles. The lowest BCUT2D eigenvalue weighted by molar-refractivity contribution is -0.177. The smallest absolute Gasteiger partial charge is 0.453 e. The van der Waals surface area contributed by atoms with Crippen LogP contribution in [0.25, 0.3) is 0 Å². The van der Waals surface area contributed by atoms with Gasteiger partial charge in [-0.2, -0.15) is 0 Å². The average molecular weight is 627 g/mol. The van der Waals surface area contributed by atoms with Crippen LogP contribution in [0.5, 0.6) is 0 Å². The molecule has 1 unspecified atom stereocenters. The Labute approximate surface area is 247 Å². The molecule has 13 nitrogen and oxygen atoms in total. The molecule has 2 rings (SSSR count). The Morgan fingerprint density at radius 3 is 1.90 bits per heavy atom. The zero-order valence-corrected chi connectivity index (χ0v) is 25.5. The zero-order chi connectivity index (χ0) is 31.9. The summed E-state index contributed by atoms with van der Waals surface area (Å²) in [6, 6.07) is 13.1. The van der Waals surface area contributed by atoms with E-state index in [1.807, 2.05) is 0 Å². The fourth-order valence-electron chi connectivity index (χ4n) is 3.05. The van der Waals surface area contributed by atoms with Gasteiger partial charge in [0, 0.05) is 16.1 Å². The van der Waals surface area contributed by atoms with Crippen LogP contribution in [0, 0.1) is 5.41 Å². The highest BCUT2D eigenvalue weighted by Gasteiger charge is 2.42. The molecule has 1 N–H and O–H groups in total. The molecule has 0 aromatic heterocycles. The van der Waals surface area contributed by atoms with Gasteiger partial charge in [-0.25, -0.2) is 14.6 Å². The summed E-state index contributed by atoms with van der Waals surface area (Å²) >= 11 is 5.91. The molecule has 15 heteroatoms. The van der Waals surface area contributed by atoms with Crippen LogP contribution >= 0.6 is 19.2 Å². The van der Waals surface area contributed by atoms with Crippen molar-refractivity contribution in [3.63, 3.8) is 0 Å². The lowest BCUT2D eigenvalue weighted by Gasteiger charge is -2.41. The third-order valence-electron chi connectivity index (χ3n) is 5.05. The van der Waals surface area contributed by atoms with Crippen molar-refractivity contribution in [2.45, 2.75) is 47.1 Å². The van der Waals surface area contributed by atoms with E-state index in [9.17, 15) is 33.4 Å². The molecule has 3 amide bonds. The molecule has 0 aliphatic heterocycles. The number of rotatable bonds is 8. The summed E-state index contributed by atoms with van der Waals surface area (Å²) in [7, 11) is -4.97. The first-order chi connectivity index (χ1) is 19.3. The highest BCUT2D eigenvalue weighted by molar-refractivity contribution is 7.52. The Morgan fingerprint density at radius 2 is 1.38 bits per heavy atom. The number of amides is 3. The third-order valence-corrected chi connectivity index (χ3v) is 6.07. The maximum absolute atomic E-state index is 13.5. The van der Waals surface area contributed by atoms with Crippen LogP contribution in [-0.4, -0.2) is 63.3 Å². The molecule has 0 saturated heterocycles. The van der Waals surface area contributed by atoms with Gasteiger partial charge in [-0.15, -0.1) is 5.01 Å². The van der Waals surface area contributed by atoms with Gasteiger partial charge in [0.1, 0.15) is 0 Å². The highest BCUT2D eigenvalue weighted by Crippen LogP contribution is 2.42. The summed E-state index contributed by atoms with van der Waals surface area (Å²) in [5, 5.41) is 1.41. The number of carbonyl (C=O) groups excluding carboxylic acids is 5. The second-order valence-electron chi connectivity index (χ2n) is 10.8. The van der Waals surface area contributed by atoms with Crippen molar-refractivity contribution in [2.24, 2.45) is 5.41 Å². The number of hydrogen-bond acceptors (Lipinski definition) is 10. The van der Waals surface area contributed by atoms with E-state index in [0.717, 1.165) is 5.01 Å². The molecule has 2 aromatic rings. The van der Waals surface area contributed by atoms with E-state index in [4.69, 9.17) is 16.3 Å². The minimum absolute atomic E-state index is 0.0858. The standard InChI is InChI=1S/C27H32ClN2O11P/c1-26(2,3)24(34)38-16-21(31)39-17-42(36,37)41-40-25(35)29(22(32)19-12-14-20(28)15-13-19)30(27(4,5)6)23(33)18-10-8-7-9-11-18/h7-15H,16-17H2,1-6H3,(H,36,37). The van der Waals surface area contributed by atoms with E-state index in [2.05, 4.69) is 14.3 Å². The second kappa shape index (κ2) is 13.9. The monoisotopic (exact) mass is 626 g/mol. The number of carbonyl (C=O) groups is 5. The molecule has 0 bridgehead atoms. The third kappa shape index (κ3) is 9.95. The van der Waals surface area contributed by atoms with Crippen molar-refractivity contribution in [1.82, 2.24) is 10.0 Å². The average Bonchev–Trinajstić information content (AvgIpc) is 2.91. The van der Waals surface area contributed by atoms with Crippen LogP contribution in [-0.2, 0) is 33.2 Å². The summed E-state index contributed by atoms with van der Waals surface area (Å²) in [6.07, 6.45) is -2.95. The fourth-order valence-corrected chi connectivity index (χ4v) is 3.71. The van der Waals surface area contributed by atoms with Gasteiger partial charge in [0.15, 0.2) is 13.0 Å². The Bertz CT molecular complexity index is 1350. The minimum atomic E-state index is -4.97. The van der Waals surface area contributed by atoms with Gasteiger partial charge in [-0.3, -0.25) is 23.8 Å². The summed E-state index contributed by atoms with van der Waals surface area (Å²) in [4.78, 5) is 78.5. The number of halogens is 1. The fraction of sp³-hybridized carbons (Fsp3) is 0.370. The Kier molecular flexibility index (Phi) is 11.4. The van der Waals surface area contributed by atoms with E-state index in [1.165, 1.54) is 57.2 Å². The van der Waals surface area contributed by atoms with Crippen molar-refractivity contribution in [1.29, 1.82) is 0 Å². The molecule has 42 heavy (non-hydrogen) atoms. The Balaban J connectivity index is 2.27. The maximum atomic E-state index is 13.5. The van der Waals surface area contributed by atoms with Crippen LogP contribution in [0.3, 0.4) is 0 Å². The number of esters is 2. The van der Waals surface area contributed by atoms with E-state index in [1.54, 1.807) is 39.0 Å². The minimum Gasteiger partial charge on any atom is -0.453 e. The molecule has 0 radical (unpaired) electrons. The number of nitrogens with zero attached hydrogens (tertiary/aromatic N) is 2. The van der Waals surface area contributed by atoms with Gasteiger partial charge in [-0.05, 0) is 77.9 Å². The maximum Gasteiger partial charge on any atom is 0.468 e. The van der Waals surface area contributed by atoms with Crippen LogP contribution in [0.15, 0.2) is 54.6 Å². The molecule has 0 fully saturated rings. The molecular formula is C27H32ClN2O11P. The van der Waals surface area contributed by atoms with Gasteiger partial charge in [-0.1, -0.05) is 34.5 Å². The number of hydrogen-bond donors (Lipinski definition) is 1. The normalized spacial score (nSPS) is 12.9. The first kappa shape index (κ1) is 34.4. The van der Waals surface area contributed by atoms with Gasteiger partial charge < -0.3 is 14.4 Å². The first-order valence-corrected chi connectivity index (χ1v) is 14.5. The molecule has 0 spiro atoms. The van der Waals surface area contributed by atoms with Gasteiger partial charge >= 0.3 is 25.6 Å². The van der Waals surface area contributed by atoms with Crippen molar-refractivity contribution >= 4 is 49.0 Å². The summed E-state index contributed by atoms with van der Waals surface area (Å²) in [5.74, 6) is -3.73. The quantitative estimate of drug-likeness (QED) is 0.182. The van der Waals surface area contributed by atoms with Crippen LogP contribution in [0.1, 0.15) is 62.3 Å². The van der Waals surface area contributed by atoms with E-state index < -0.39 is 61.4 Å². The van der Waals surface area contributed by atoms with Crippen molar-refractivity contribution < 1.29 is 52.5 Å². The van der Waals surface area contributed by atoms with Crippen molar-refractivity contribution in [3.8, 4) is 0 Å². The molecule has 228 valence electrons. The van der Waals surface area contributed by atoms with E-state index in [-0.39, 0.29) is 11.1 Å². The zero-order valence-electron chi connectivity index (χ0n) is 23.9. The Hall–Kier alpha value is -3.77. The molecule has 0 aliphatic rings. The molecule has 2 aromatic carbocycles.